The van der Waals surface area contributed by atoms with Crippen LogP contribution in [-0.2, 0) is 13.0 Å². The lowest BCUT2D eigenvalue weighted by molar-refractivity contribution is 0.0737. The van der Waals surface area contributed by atoms with Crippen molar-refractivity contribution in [2.24, 2.45) is 0 Å². The average molecular weight is 310 g/mol. The van der Waals surface area contributed by atoms with E-state index in [1.165, 1.54) is 0 Å². The van der Waals surface area contributed by atoms with Crippen LogP contribution in [-0.4, -0.2) is 28.9 Å². The average Bonchev–Trinajstić information content (AvgIpc) is 3.07. The molecule has 120 valence electrons. The van der Waals surface area contributed by atoms with Crippen LogP contribution < -0.4 is 4.74 Å². The number of amides is 1. The molecule has 1 aliphatic rings. The van der Waals surface area contributed by atoms with Gasteiger partial charge in [0.2, 0.25) is 0 Å². The molecule has 23 heavy (non-hydrogen) atoms. The molecule has 0 radical (unpaired) electrons. The summed E-state index contributed by atoms with van der Waals surface area (Å²) in [6.07, 6.45) is 6.49. The van der Waals surface area contributed by atoms with Crippen LogP contribution >= 0.6 is 0 Å². The second-order valence-electron chi connectivity index (χ2n) is 5.83. The number of ether oxygens (including phenoxy) is 1. The number of carbonyl (C=O) groups is 1. The summed E-state index contributed by atoms with van der Waals surface area (Å²) in [6.45, 7) is 4.12. The summed E-state index contributed by atoms with van der Waals surface area (Å²) >= 11 is 0. The number of unbranched alkanes of at least 4 members (excludes halogenated alkanes) is 1. The van der Waals surface area contributed by atoms with Gasteiger partial charge in [0.15, 0.2) is 0 Å². The van der Waals surface area contributed by atoms with E-state index < -0.39 is 0 Å². The number of fused-ring (bicyclic) bond motifs is 1. The second-order valence-corrected chi connectivity index (χ2v) is 5.83. The summed E-state index contributed by atoms with van der Waals surface area (Å²) in [6, 6.07) is 9.76. The Kier molecular flexibility index (Phi) is 4.91. The molecule has 0 fully saturated rings. The van der Waals surface area contributed by atoms with Gasteiger partial charge < -0.3 is 9.64 Å². The van der Waals surface area contributed by atoms with Gasteiger partial charge in [0.1, 0.15) is 5.75 Å². The number of rotatable bonds is 6. The van der Waals surface area contributed by atoms with Crippen molar-refractivity contribution < 1.29 is 9.53 Å². The molecule has 0 aliphatic carbocycles. The Morgan fingerprint density at radius 1 is 1.30 bits per heavy atom. The largest absolute Gasteiger partial charge is 0.492 e. The molecule has 4 heteroatoms. The molecule has 0 atom stereocenters. The third-order valence-corrected chi connectivity index (χ3v) is 4.11. The molecule has 0 bridgehead atoms. The molecular weight excluding hydrogens is 288 g/mol. The minimum Gasteiger partial charge on any atom is -0.492 e. The van der Waals surface area contributed by atoms with Crippen LogP contribution in [0.5, 0.6) is 5.75 Å². The summed E-state index contributed by atoms with van der Waals surface area (Å²) in [5, 5.41) is 0. The van der Waals surface area contributed by atoms with Gasteiger partial charge in [-0.3, -0.25) is 9.78 Å². The molecule has 1 aromatic heterocycles. The Labute approximate surface area is 137 Å². The Hall–Kier alpha value is -2.36. The molecule has 0 N–H and O–H groups in total. The SMILES string of the molecule is CCCCN(Cc1cccnc1)C(=O)c1cccc2c1OCC2. The van der Waals surface area contributed by atoms with Crippen molar-refractivity contribution in [2.75, 3.05) is 13.2 Å². The van der Waals surface area contributed by atoms with Gasteiger partial charge in [-0.25, -0.2) is 0 Å². The van der Waals surface area contributed by atoms with Gasteiger partial charge >= 0.3 is 0 Å². The smallest absolute Gasteiger partial charge is 0.257 e. The fourth-order valence-corrected chi connectivity index (χ4v) is 2.87. The van der Waals surface area contributed by atoms with E-state index in [2.05, 4.69) is 11.9 Å². The normalized spacial score (nSPS) is 12.6. The highest BCUT2D eigenvalue weighted by atomic mass is 16.5. The summed E-state index contributed by atoms with van der Waals surface area (Å²) < 4.78 is 5.70. The van der Waals surface area contributed by atoms with E-state index in [4.69, 9.17) is 4.74 Å². The van der Waals surface area contributed by atoms with Crippen molar-refractivity contribution in [3.63, 3.8) is 0 Å². The maximum atomic E-state index is 13.0. The molecule has 2 heterocycles. The molecule has 1 amide bonds. The lowest BCUT2D eigenvalue weighted by atomic mass is 10.1. The van der Waals surface area contributed by atoms with Gasteiger partial charge in [-0.05, 0) is 29.7 Å². The fraction of sp³-hybridized carbons (Fsp3) is 0.368. The third-order valence-electron chi connectivity index (χ3n) is 4.11. The number of hydrogen-bond donors (Lipinski definition) is 0. The van der Waals surface area contributed by atoms with Gasteiger partial charge in [0.25, 0.3) is 5.91 Å². The highest BCUT2D eigenvalue weighted by Crippen LogP contribution is 2.30. The van der Waals surface area contributed by atoms with E-state index in [-0.39, 0.29) is 5.91 Å². The van der Waals surface area contributed by atoms with Crippen molar-refractivity contribution >= 4 is 5.91 Å². The molecule has 0 saturated heterocycles. The summed E-state index contributed by atoms with van der Waals surface area (Å²) in [5.41, 5.74) is 2.86. The monoisotopic (exact) mass is 310 g/mol. The zero-order valence-corrected chi connectivity index (χ0v) is 13.5. The Balaban J connectivity index is 1.84. The van der Waals surface area contributed by atoms with E-state index in [1.54, 1.807) is 6.20 Å². The first-order valence-corrected chi connectivity index (χ1v) is 8.22. The molecule has 0 unspecified atom stereocenters. The lowest BCUT2D eigenvalue weighted by Crippen LogP contribution is -2.31. The highest BCUT2D eigenvalue weighted by Gasteiger charge is 2.24. The number of benzene rings is 1. The Morgan fingerprint density at radius 3 is 3.00 bits per heavy atom. The summed E-state index contributed by atoms with van der Waals surface area (Å²) in [4.78, 5) is 19.1. The third kappa shape index (κ3) is 3.52. The second kappa shape index (κ2) is 7.27. The van der Waals surface area contributed by atoms with Crippen molar-refractivity contribution in [2.45, 2.75) is 32.7 Å². The molecule has 0 spiro atoms. The minimum absolute atomic E-state index is 0.0426. The number of aromatic nitrogens is 1. The molecule has 1 aliphatic heterocycles. The minimum atomic E-state index is 0.0426. The molecule has 3 rings (SSSR count). The Bertz CT molecular complexity index is 670. The van der Waals surface area contributed by atoms with E-state index in [1.807, 2.05) is 41.4 Å². The van der Waals surface area contributed by atoms with Crippen LogP contribution in [0.25, 0.3) is 0 Å². The molecular formula is C19H22N2O2. The quantitative estimate of drug-likeness (QED) is 0.820. The number of hydrogen-bond acceptors (Lipinski definition) is 3. The zero-order valence-electron chi connectivity index (χ0n) is 13.5. The first kappa shape index (κ1) is 15.5. The van der Waals surface area contributed by atoms with E-state index in [9.17, 15) is 4.79 Å². The predicted molar refractivity (Wildman–Crippen MR) is 89.5 cm³/mol. The number of carbonyl (C=O) groups excluding carboxylic acids is 1. The van der Waals surface area contributed by atoms with Gasteiger partial charge in [0, 0.05) is 31.9 Å². The van der Waals surface area contributed by atoms with Gasteiger partial charge in [-0.15, -0.1) is 0 Å². The van der Waals surface area contributed by atoms with E-state index in [0.717, 1.165) is 42.7 Å². The number of para-hydroxylation sites is 1. The van der Waals surface area contributed by atoms with Crippen LogP contribution in [0, 0.1) is 0 Å². The van der Waals surface area contributed by atoms with Crippen LogP contribution in [0.3, 0.4) is 0 Å². The van der Waals surface area contributed by atoms with Gasteiger partial charge in [0.05, 0.1) is 12.2 Å². The Morgan fingerprint density at radius 2 is 2.22 bits per heavy atom. The first-order valence-electron chi connectivity index (χ1n) is 8.22. The van der Waals surface area contributed by atoms with E-state index >= 15 is 0 Å². The van der Waals surface area contributed by atoms with Crippen molar-refractivity contribution in [1.82, 2.24) is 9.88 Å². The number of nitrogens with zero attached hydrogens (tertiary/aromatic N) is 2. The lowest BCUT2D eigenvalue weighted by Gasteiger charge is -2.23. The molecule has 4 nitrogen and oxygen atoms in total. The topological polar surface area (TPSA) is 42.4 Å². The van der Waals surface area contributed by atoms with Crippen molar-refractivity contribution in [3.8, 4) is 5.75 Å². The van der Waals surface area contributed by atoms with Gasteiger partial charge in [-0.1, -0.05) is 31.5 Å². The van der Waals surface area contributed by atoms with Crippen LogP contribution in [0.15, 0.2) is 42.7 Å². The fourth-order valence-electron chi connectivity index (χ4n) is 2.87. The standard InChI is InChI=1S/C19H22N2O2/c1-2-3-11-21(14-15-6-5-10-20-13-15)19(22)17-8-4-7-16-9-12-23-18(16)17/h4-8,10,13H,2-3,9,11-12,14H2,1H3. The number of pyridine rings is 1. The van der Waals surface area contributed by atoms with Crippen molar-refractivity contribution in [1.29, 1.82) is 0 Å². The molecule has 1 aromatic carbocycles. The van der Waals surface area contributed by atoms with Crippen LogP contribution in [0.1, 0.15) is 41.3 Å². The van der Waals surface area contributed by atoms with E-state index in [0.29, 0.717) is 18.7 Å². The first-order chi connectivity index (χ1) is 11.3. The van der Waals surface area contributed by atoms with Gasteiger partial charge in [-0.2, -0.15) is 0 Å². The maximum absolute atomic E-state index is 13.0. The summed E-state index contributed by atoms with van der Waals surface area (Å²) in [5.74, 6) is 0.811. The van der Waals surface area contributed by atoms with Crippen molar-refractivity contribution in [3.05, 3.63) is 59.4 Å². The maximum Gasteiger partial charge on any atom is 0.257 e. The highest BCUT2D eigenvalue weighted by molar-refractivity contribution is 5.97. The van der Waals surface area contributed by atoms with Crippen LogP contribution in [0.4, 0.5) is 0 Å². The molecule has 0 saturated carbocycles. The van der Waals surface area contributed by atoms with Crippen LogP contribution in [0.2, 0.25) is 0 Å². The predicted octanol–water partition coefficient (Wildman–Crippen LogP) is 3.46. The zero-order chi connectivity index (χ0) is 16.1. The summed E-state index contributed by atoms with van der Waals surface area (Å²) in [7, 11) is 0. The molecule has 2 aromatic rings.